The van der Waals surface area contributed by atoms with E-state index in [9.17, 15) is 0 Å². The van der Waals surface area contributed by atoms with Gasteiger partial charge in [0.25, 0.3) is 0 Å². The first-order valence-electron chi connectivity index (χ1n) is 11.4. The highest BCUT2D eigenvalue weighted by molar-refractivity contribution is 6.29. The highest BCUT2D eigenvalue weighted by atomic mass is 16.3. The molecule has 0 unspecified atom stereocenters. The molecule has 0 aliphatic heterocycles. The van der Waals surface area contributed by atoms with E-state index in [1.165, 1.54) is 21.5 Å². The van der Waals surface area contributed by atoms with Crippen LogP contribution in [-0.4, -0.2) is 4.98 Å². The maximum Gasteiger partial charge on any atom is 0.136 e. The zero-order chi connectivity index (χ0) is 22.2. The van der Waals surface area contributed by atoms with Gasteiger partial charge in [0.15, 0.2) is 0 Å². The minimum absolute atomic E-state index is 0.892. The molecule has 0 fully saturated rings. The largest absolute Gasteiger partial charge is 0.456 e. The molecule has 158 valence electrons. The van der Waals surface area contributed by atoms with E-state index >= 15 is 0 Å². The molecule has 0 saturated carbocycles. The van der Waals surface area contributed by atoms with Crippen LogP contribution in [0.25, 0.3) is 76.5 Å². The molecule has 0 spiro atoms. The zero-order valence-electron chi connectivity index (χ0n) is 18.1. The molecule has 0 saturated heterocycles. The molecule has 0 N–H and O–H groups in total. The SMILES string of the molecule is c1cncc(-c2cc3cc4c(cc3c3ccc5oc6ccccc6c5c23)oc2ccccc24)c1. The van der Waals surface area contributed by atoms with Crippen LogP contribution in [0.2, 0.25) is 0 Å². The van der Waals surface area contributed by atoms with Gasteiger partial charge in [-0.2, -0.15) is 0 Å². The standard InChI is InChI=1S/C31H17NO2/c1-3-9-26-20(7-1)25-15-19-14-24(18-6-5-13-32-17-18)30-21(23(19)16-29(25)34-26)11-12-28-31(30)22-8-2-4-10-27(22)33-28/h1-17H. The number of rotatable bonds is 1. The minimum Gasteiger partial charge on any atom is -0.456 e. The van der Waals surface area contributed by atoms with Crippen LogP contribution in [0.4, 0.5) is 0 Å². The minimum atomic E-state index is 0.892. The molecule has 3 heterocycles. The quantitative estimate of drug-likeness (QED) is 0.242. The number of fused-ring (bicyclic) bond motifs is 10. The van der Waals surface area contributed by atoms with Crippen molar-refractivity contribution >= 4 is 65.4 Å². The van der Waals surface area contributed by atoms with Gasteiger partial charge in [-0.3, -0.25) is 4.98 Å². The summed E-state index contributed by atoms with van der Waals surface area (Å²) < 4.78 is 12.5. The summed E-state index contributed by atoms with van der Waals surface area (Å²) in [4.78, 5) is 4.42. The van der Waals surface area contributed by atoms with E-state index in [4.69, 9.17) is 8.83 Å². The van der Waals surface area contributed by atoms with E-state index in [-0.39, 0.29) is 0 Å². The fraction of sp³-hybridized carbons (Fsp3) is 0. The number of nitrogens with zero attached hydrogens (tertiary/aromatic N) is 1. The first-order valence-corrected chi connectivity index (χ1v) is 11.4. The van der Waals surface area contributed by atoms with Crippen LogP contribution in [0.3, 0.4) is 0 Å². The van der Waals surface area contributed by atoms with Crippen LogP contribution in [0.15, 0.2) is 112 Å². The van der Waals surface area contributed by atoms with Crippen molar-refractivity contribution in [2.75, 3.05) is 0 Å². The Morgan fingerprint density at radius 1 is 0.500 bits per heavy atom. The molecule has 3 aromatic heterocycles. The summed E-state index contributed by atoms with van der Waals surface area (Å²) in [6.45, 7) is 0. The summed E-state index contributed by atoms with van der Waals surface area (Å²) >= 11 is 0. The van der Waals surface area contributed by atoms with Gasteiger partial charge in [-0.1, -0.05) is 42.5 Å². The first-order chi connectivity index (χ1) is 16.8. The molecule has 34 heavy (non-hydrogen) atoms. The lowest BCUT2D eigenvalue weighted by Crippen LogP contribution is -1.87. The van der Waals surface area contributed by atoms with E-state index in [1.807, 2.05) is 42.7 Å². The third-order valence-corrected chi connectivity index (χ3v) is 6.92. The Labute approximate surface area is 193 Å². The zero-order valence-corrected chi connectivity index (χ0v) is 18.1. The lowest BCUT2D eigenvalue weighted by atomic mass is 9.90. The second kappa shape index (κ2) is 6.46. The van der Waals surface area contributed by atoms with E-state index in [1.54, 1.807) is 0 Å². The van der Waals surface area contributed by atoms with Crippen molar-refractivity contribution in [3.05, 3.63) is 103 Å². The third-order valence-electron chi connectivity index (χ3n) is 6.92. The van der Waals surface area contributed by atoms with Gasteiger partial charge in [0.2, 0.25) is 0 Å². The monoisotopic (exact) mass is 435 g/mol. The van der Waals surface area contributed by atoms with Crippen LogP contribution < -0.4 is 0 Å². The maximum atomic E-state index is 6.24. The molecule has 0 radical (unpaired) electrons. The topological polar surface area (TPSA) is 39.2 Å². The molecule has 8 rings (SSSR count). The van der Waals surface area contributed by atoms with E-state index < -0.39 is 0 Å². The van der Waals surface area contributed by atoms with Gasteiger partial charge in [0.05, 0.1) is 0 Å². The summed E-state index contributed by atoms with van der Waals surface area (Å²) in [6.07, 6.45) is 3.75. The lowest BCUT2D eigenvalue weighted by molar-refractivity contribution is 0.669. The number of para-hydroxylation sites is 2. The highest BCUT2D eigenvalue weighted by Gasteiger charge is 2.18. The van der Waals surface area contributed by atoms with Crippen LogP contribution >= 0.6 is 0 Å². The Kier molecular flexibility index (Phi) is 3.39. The molecule has 0 aliphatic carbocycles. The predicted octanol–water partition coefficient (Wildman–Crippen LogP) is 8.85. The van der Waals surface area contributed by atoms with Crippen molar-refractivity contribution in [3.63, 3.8) is 0 Å². The van der Waals surface area contributed by atoms with Gasteiger partial charge >= 0.3 is 0 Å². The molecular formula is C31H17NO2. The van der Waals surface area contributed by atoms with Gasteiger partial charge in [0, 0.05) is 44.9 Å². The fourth-order valence-corrected chi connectivity index (χ4v) is 5.44. The van der Waals surface area contributed by atoms with Gasteiger partial charge < -0.3 is 8.83 Å². The normalized spacial score (nSPS) is 12.1. The average Bonchev–Trinajstić information content (AvgIpc) is 3.45. The van der Waals surface area contributed by atoms with Crippen LogP contribution in [0.5, 0.6) is 0 Å². The second-order valence-electron chi connectivity index (χ2n) is 8.79. The van der Waals surface area contributed by atoms with Gasteiger partial charge in [0.1, 0.15) is 22.3 Å². The number of pyridine rings is 1. The van der Waals surface area contributed by atoms with Crippen molar-refractivity contribution in [2.24, 2.45) is 0 Å². The molecular weight excluding hydrogens is 418 g/mol. The number of furan rings is 2. The number of hydrogen-bond acceptors (Lipinski definition) is 3. The van der Waals surface area contributed by atoms with Crippen LogP contribution in [0.1, 0.15) is 0 Å². The van der Waals surface area contributed by atoms with E-state index in [0.717, 1.165) is 55.0 Å². The summed E-state index contributed by atoms with van der Waals surface area (Å²) in [5.41, 5.74) is 5.84. The van der Waals surface area contributed by atoms with E-state index in [2.05, 4.69) is 65.6 Å². The van der Waals surface area contributed by atoms with Gasteiger partial charge in [-0.05, 0) is 70.3 Å². The van der Waals surface area contributed by atoms with Crippen molar-refractivity contribution in [3.8, 4) is 11.1 Å². The summed E-state index contributed by atoms with van der Waals surface area (Å²) in [6, 6.07) is 31.6. The summed E-state index contributed by atoms with van der Waals surface area (Å²) in [5, 5.41) is 9.24. The lowest BCUT2D eigenvalue weighted by Gasteiger charge is -2.12. The number of hydrogen-bond donors (Lipinski definition) is 0. The van der Waals surface area contributed by atoms with Crippen molar-refractivity contribution in [1.82, 2.24) is 4.98 Å². The molecule has 0 bridgehead atoms. The average molecular weight is 435 g/mol. The maximum absolute atomic E-state index is 6.24. The smallest absolute Gasteiger partial charge is 0.136 e. The summed E-state index contributed by atoms with van der Waals surface area (Å²) in [5.74, 6) is 0. The van der Waals surface area contributed by atoms with Crippen molar-refractivity contribution in [2.45, 2.75) is 0 Å². The summed E-state index contributed by atoms with van der Waals surface area (Å²) in [7, 11) is 0. The second-order valence-corrected chi connectivity index (χ2v) is 8.79. The van der Waals surface area contributed by atoms with Crippen LogP contribution in [-0.2, 0) is 0 Å². The number of benzene rings is 5. The number of aromatic nitrogens is 1. The van der Waals surface area contributed by atoms with Crippen LogP contribution in [0, 0.1) is 0 Å². The Balaban J connectivity index is 1.63. The first kappa shape index (κ1) is 17.9. The molecule has 8 aromatic rings. The third kappa shape index (κ3) is 2.33. The van der Waals surface area contributed by atoms with Crippen molar-refractivity contribution in [1.29, 1.82) is 0 Å². The molecule has 0 atom stereocenters. The molecule has 3 heteroatoms. The van der Waals surface area contributed by atoms with Gasteiger partial charge in [-0.25, -0.2) is 0 Å². The highest BCUT2D eigenvalue weighted by Crippen LogP contribution is 2.44. The molecule has 5 aromatic carbocycles. The predicted molar refractivity (Wildman–Crippen MR) is 139 cm³/mol. The fourth-order valence-electron chi connectivity index (χ4n) is 5.44. The molecule has 3 nitrogen and oxygen atoms in total. The molecule has 0 amide bonds. The Hall–Kier alpha value is -4.63. The van der Waals surface area contributed by atoms with Crippen molar-refractivity contribution < 1.29 is 8.83 Å². The van der Waals surface area contributed by atoms with E-state index in [0.29, 0.717) is 0 Å². The Morgan fingerprint density at radius 3 is 2.15 bits per heavy atom. The Bertz CT molecular complexity index is 2060. The Morgan fingerprint density at radius 2 is 1.29 bits per heavy atom. The van der Waals surface area contributed by atoms with Gasteiger partial charge in [-0.15, -0.1) is 0 Å². The molecule has 0 aliphatic rings.